The summed E-state index contributed by atoms with van der Waals surface area (Å²) >= 11 is 0. The molecule has 0 radical (unpaired) electrons. The van der Waals surface area contributed by atoms with Crippen LogP contribution in [0.15, 0.2) is 24.3 Å². The van der Waals surface area contributed by atoms with Gasteiger partial charge in [0, 0.05) is 43.7 Å². The number of sulfonamides is 1. The molecule has 1 aromatic rings. The zero-order valence-electron chi connectivity index (χ0n) is 18.1. The highest BCUT2D eigenvalue weighted by Crippen LogP contribution is 2.33. The molecule has 168 valence electrons. The normalized spacial score (nSPS) is 24.9. The second-order valence-corrected chi connectivity index (χ2v) is 12.0. The van der Waals surface area contributed by atoms with Crippen molar-refractivity contribution in [3.05, 3.63) is 29.8 Å². The topological polar surface area (TPSA) is 105 Å². The predicted molar refractivity (Wildman–Crippen MR) is 117 cm³/mol. The van der Waals surface area contributed by atoms with Gasteiger partial charge >= 0.3 is 0 Å². The molecule has 0 unspecified atom stereocenters. The lowest BCUT2D eigenvalue weighted by atomic mass is 9.85. The lowest BCUT2D eigenvalue weighted by molar-refractivity contribution is -0.120. The summed E-state index contributed by atoms with van der Waals surface area (Å²) in [6.07, 6.45) is 3.66. The number of carbonyl (C=O) groups is 1. The SMILES string of the molecule is CC(C)(C)S(=O)(=O)N[C@H]1CC[C@H](C(=O)Nc2cccc(C3(O)CCOCC3)c2)CC1. The Hall–Kier alpha value is -1.48. The van der Waals surface area contributed by atoms with Gasteiger partial charge in [-0.05, 0) is 64.2 Å². The van der Waals surface area contributed by atoms with E-state index in [4.69, 9.17) is 4.74 Å². The van der Waals surface area contributed by atoms with Crippen LogP contribution >= 0.6 is 0 Å². The Morgan fingerprint density at radius 2 is 1.77 bits per heavy atom. The number of ether oxygens (including phenoxy) is 1. The van der Waals surface area contributed by atoms with Crippen molar-refractivity contribution in [1.82, 2.24) is 4.72 Å². The van der Waals surface area contributed by atoms with Crippen LogP contribution in [0.5, 0.6) is 0 Å². The smallest absolute Gasteiger partial charge is 0.227 e. The number of nitrogens with one attached hydrogen (secondary N) is 2. The Bertz CT molecular complexity index is 849. The summed E-state index contributed by atoms with van der Waals surface area (Å²) in [5.74, 6) is -0.196. The van der Waals surface area contributed by atoms with Crippen LogP contribution in [0.4, 0.5) is 5.69 Å². The zero-order valence-corrected chi connectivity index (χ0v) is 18.9. The number of benzene rings is 1. The standard InChI is InChI=1S/C22H34N2O5S/c1-21(2,3)30(27,28)24-18-9-7-16(8-10-18)20(25)23-19-6-4-5-17(15-19)22(26)11-13-29-14-12-22/h4-6,15-16,18,24,26H,7-14H2,1-3H3,(H,23,25)/t16-,18-. The van der Waals surface area contributed by atoms with E-state index in [2.05, 4.69) is 10.0 Å². The van der Waals surface area contributed by atoms with Gasteiger partial charge in [0.05, 0.1) is 10.3 Å². The van der Waals surface area contributed by atoms with Gasteiger partial charge in [-0.25, -0.2) is 13.1 Å². The van der Waals surface area contributed by atoms with Crippen LogP contribution in [0.25, 0.3) is 0 Å². The highest BCUT2D eigenvalue weighted by atomic mass is 32.2. The van der Waals surface area contributed by atoms with Crippen molar-refractivity contribution in [2.75, 3.05) is 18.5 Å². The van der Waals surface area contributed by atoms with Crippen molar-refractivity contribution < 1.29 is 23.1 Å². The highest BCUT2D eigenvalue weighted by molar-refractivity contribution is 7.90. The quantitative estimate of drug-likeness (QED) is 0.656. The van der Waals surface area contributed by atoms with E-state index in [1.807, 2.05) is 24.3 Å². The molecule has 1 saturated carbocycles. The maximum atomic E-state index is 12.8. The Kier molecular flexibility index (Phi) is 6.91. The first kappa shape index (κ1) is 23.2. The molecule has 3 rings (SSSR count). The number of anilines is 1. The molecule has 0 aromatic heterocycles. The van der Waals surface area contributed by atoms with Gasteiger partial charge in [0.25, 0.3) is 0 Å². The minimum absolute atomic E-state index is 0.0526. The van der Waals surface area contributed by atoms with Gasteiger partial charge in [0.1, 0.15) is 0 Å². The number of aliphatic hydroxyl groups is 1. The summed E-state index contributed by atoms with van der Waals surface area (Å²) < 4.78 is 32.0. The molecule has 0 atom stereocenters. The first-order valence-electron chi connectivity index (χ1n) is 10.7. The van der Waals surface area contributed by atoms with E-state index in [1.165, 1.54) is 0 Å². The summed E-state index contributed by atoms with van der Waals surface area (Å²) in [5, 5.41) is 13.9. The molecule has 0 spiro atoms. The molecule has 1 saturated heterocycles. The highest BCUT2D eigenvalue weighted by Gasteiger charge is 2.35. The monoisotopic (exact) mass is 438 g/mol. The van der Waals surface area contributed by atoms with Crippen molar-refractivity contribution in [2.24, 2.45) is 5.92 Å². The lowest BCUT2D eigenvalue weighted by Crippen LogP contribution is -2.46. The number of amides is 1. The molecule has 7 nitrogen and oxygen atoms in total. The average Bonchev–Trinajstić information content (AvgIpc) is 2.68. The molecule has 1 aromatic carbocycles. The molecule has 3 N–H and O–H groups in total. The minimum atomic E-state index is -3.39. The third-order valence-electron chi connectivity index (χ3n) is 6.21. The van der Waals surface area contributed by atoms with Crippen molar-refractivity contribution in [1.29, 1.82) is 0 Å². The van der Waals surface area contributed by atoms with Crippen molar-refractivity contribution in [3.63, 3.8) is 0 Å². The molecule has 1 heterocycles. The molecule has 2 fully saturated rings. The Balaban J connectivity index is 1.56. The molecular weight excluding hydrogens is 404 g/mol. The molecule has 1 aliphatic carbocycles. The van der Waals surface area contributed by atoms with Crippen molar-refractivity contribution >= 4 is 21.6 Å². The lowest BCUT2D eigenvalue weighted by Gasteiger charge is -2.33. The largest absolute Gasteiger partial charge is 0.385 e. The molecule has 8 heteroatoms. The fourth-order valence-corrected chi connectivity index (χ4v) is 5.03. The number of hydrogen-bond acceptors (Lipinski definition) is 5. The van der Waals surface area contributed by atoms with Gasteiger partial charge in [-0.1, -0.05) is 12.1 Å². The van der Waals surface area contributed by atoms with Crippen LogP contribution in [0.3, 0.4) is 0 Å². The molecule has 30 heavy (non-hydrogen) atoms. The van der Waals surface area contributed by atoms with E-state index in [-0.39, 0.29) is 17.9 Å². The van der Waals surface area contributed by atoms with Crippen LogP contribution in [-0.4, -0.2) is 43.4 Å². The zero-order chi connectivity index (χ0) is 22.0. The van der Waals surface area contributed by atoms with Gasteiger partial charge in [-0.2, -0.15) is 0 Å². The Morgan fingerprint density at radius 1 is 1.13 bits per heavy atom. The van der Waals surface area contributed by atoms with E-state index in [9.17, 15) is 18.3 Å². The maximum Gasteiger partial charge on any atom is 0.227 e. The number of hydrogen-bond donors (Lipinski definition) is 3. The molecule has 0 bridgehead atoms. The van der Waals surface area contributed by atoms with Crippen molar-refractivity contribution in [3.8, 4) is 0 Å². The fraction of sp³-hybridized carbons (Fsp3) is 0.682. The van der Waals surface area contributed by atoms with Crippen LogP contribution in [-0.2, 0) is 25.2 Å². The predicted octanol–water partition coefficient (Wildman–Crippen LogP) is 2.90. The summed E-state index contributed by atoms with van der Waals surface area (Å²) in [5.41, 5.74) is 0.554. The Morgan fingerprint density at radius 3 is 2.37 bits per heavy atom. The van der Waals surface area contributed by atoms with Gasteiger partial charge in [0.15, 0.2) is 0 Å². The van der Waals surface area contributed by atoms with Crippen LogP contribution in [0.1, 0.15) is 64.9 Å². The van der Waals surface area contributed by atoms with Gasteiger partial charge in [-0.15, -0.1) is 0 Å². The number of rotatable bonds is 5. The summed E-state index contributed by atoms with van der Waals surface area (Å²) in [7, 11) is -3.39. The summed E-state index contributed by atoms with van der Waals surface area (Å²) in [6, 6.07) is 7.27. The van der Waals surface area contributed by atoms with Crippen LogP contribution in [0, 0.1) is 5.92 Å². The number of carbonyl (C=O) groups excluding carboxylic acids is 1. The fourth-order valence-electron chi connectivity index (χ4n) is 4.00. The second-order valence-electron chi connectivity index (χ2n) is 9.50. The van der Waals surface area contributed by atoms with Gasteiger partial charge in [0.2, 0.25) is 15.9 Å². The summed E-state index contributed by atoms with van der Waals surface area (Å²) in [6.45, 7) is 6.09. The van der Waals surface area contributed by atoms with Gasteiger partial charge < -0.3 is 15.2 Å². The van der Waals surface area contributed by atoms with E-state index in [0.29, 0.717) is 57.4 Å². The Labute approximate surface area is 179 Å². The molecule has 1 aliphatic heterocycles. The third kappa shape index (κ3) is 5.41. The third-order valence-corrected chi connectivity index (χ3v) is 8.47. The van der Waals surface area contributed by atoms with Crippen LogP contribution in [0.2, 0.25) is 0 Å². The molecule has 2 aliphatic rings. The first-order chi connectivity index (χ1) is 14.0. The minimum Gasteiger partial charge on any atom is -0.385 e. The van der Waals surface area contributed by atoms with E-state index in [1.54, 1.807) is 20.8 Å². The summed E-state index contributed by atoms with van der Waals surface area (Å²) in [4.78, 5) is 12.8. The molecule has 1 amide bonds. The first-order valence-corrected chi connectivity index (χ1v) is 12.2. The van der Waals surface area contributed by atoms with E-state index >= 15 is 0 Å². The second kappa shape index (κ2) is 8.94. The molecular formula is C22H34N2O5S. The van der Waals surface area contributed by atoms with Crippen molar-refractivity contribution in [2.45, 2.75) is 75.7 Å². The average molecular weight is 439 g/mol. The maximum absolute atomic E-state index is 12.8. The van der Waals surface area contributed by atoms with E-state index in [0.717, 1.165) is 5.56 Å². The van der Waals surface area contributed by atoms with Gasteiger partial charge in [-0.3, -0.25) is 4.79 Å². The van der Waals surface area contributed by atoms with E-state index < -0.39 is 20.4 Å². The van der Waals surface area contributed by atoms with Crippen LogP contribution < -0.4 is 10.0 Å².